The van der Waals surface area contributed by atoms with Crippen molar-refractivity contribution in [1.29, 1.82) is 0 Å². The number of hydrogen-bond donors (Lipinski definition) is 1. The molecule has 0 fully saturated rings. The lowest BCUT2D eigenvalue weighted by molar-refractivity contribution is 0.597. The summed E-state index contributed by atoms with van der Waals surface area (Å²) in [6, 6.07) is 0. The van der Waals surface area contributed by atoms with Gasteiger partial charge in [0.15, 0.2) is 9.84 Å². The highest BCUT2D eigenvalue weighted by atomic mass is 32.2. The summed E-state index contributed by atoms with van der Waals surface area (Å²) < 4.78 is 22.1. The Kier molecular flexibility index (Phi) is 3.61. The molecule has 13 heavy (non-hydrogen) atoms. The summed E-state index contributed by atoms with van der Waals surface area (Å²) in [5.74, 6) is 0.327. The lowest BCUT2D eigenvalue weighted by atomic mass is 10.7. The van der Waals surface area contributed by atoms with Crippen LogP contribution in [0.5, 0.6) is 0 Å². The van der Waals surface area contributed by atoms with Crippen LogP contribution in [0, 0.1) is 0 Å². The number of nitrogens with zero attached hydrogens (tertiary/aromatic N) is 2. The standard InChI is InChI=1S/C6H11N3O2S2/c1-2-13(10,11)4-3-7-6-9-8-5-12-6/h5H,2-4H2,1H3,(H,7,9). The van der Waals surface area contributed by atoms with Gasteiger partial charge in [-0.2, -0.15) is 0 Å². The number of sulfone groups is 1. The van der Waals surface area contributed by atoms with Crippen LogP contribution in [0.25, 0.3) is 0 Å². The van der Waals surface area contributed by atoms with E-state index in [2.05, 4.69) is 15.5 Å². The van der Waals surface area contributed by atoms with Gasteiger partial charge < -0.3 is 5.32 Å². The molecule has 0 atom stereocenters. The summed E-state index contributed by atoms with van der Waals surface area (Å²) in [4.78, 5) is 0. The molecule has 1 heterocycles. The fourth-order valence-electron chi connectivity index (χ4n) is 0.708. The van der Waals surface area contributed by atoms with E-state index in [1.165, 1.54) is 11.3 Å². The highest BCUT2D eigenvalue weighted by molar-refractivity contribution is 7.91. The molecule has 0 aliphatic carbocycles. The monoisotopic (exact) mass is 221 g/mol. The van der Waals surface area contributed by atoms with Crippen LogP contribution >= 0.6 is 11.3 Å². The average Bonchev–Trinajstić information content (AvgIpc) is 2.57. The summed E-state index contributed by atoms with van der Waals surface area (Å²) in [7, 11) is -2.88. The highest BCUT2D eigenvalue weighted by Gasteiger charge is 2.06. The molecular weight excluding hydrogens is 210 g/mol. The molecule has 0 radical (unpaired) electrons. The largest absolute Gasteiger partial charge is 0.359 e. The van der Waals surface area contributed by atoms with Crippen molar-refractivity contribution in [3.63, 3.8) is 0 Å². The summed E-state index contributed by atoms with van der Waals surface area (Å²) in [5.41, 5.74) is 1.59. The van der Waals surface area contributed by atoms with Gasteiger partial charge in [-0.05, 0) is 0 Å². The Balaban J connectivity index is 2.30. The molecule has 1 N–H and O–H groups in total. The number of hydrogen-bond acceptors (Lipinski definition) is 6. The maximum Gasteiger partial charge on any atom is 0.205 e. The zero-order chi connectivity index (χ0) is 9.73. The predicted octanol–water partition coefficient (Wildman–Crippen LogP) is 0.385. The average molecular weight is 221 g/mol. The zero-order valence-corrected chi connectivity index (χ0v) is 8.86. The van der Waals surface area contributed by atoms with Crippen LogP contribution in [0.2, 0.25) is 0 Å². The lowest BCUT2D eigenvalue weighted by Crippen LogP contribution is -2.17. The molecule has 0 saturated carbocycles. The Hall–Kier alpha value is -0.690. The molecule has 74 valence electrons. The number of rotatable bonds is 5. The van der Waals surface area contributed by atoms with Gasteiger partial charge >= 0.3 is 0 Å². The van der Waals surface area contributed by atoms with Crippen molar-refractivity contribution in [2.75, 3.05) is 23.4 Å². The molecule has 0 saturated heterocycles. The van der Waals surface area contributed by atoms with Gasteiger partial charge in [0.2, 0.25) is 5.13 Å². The topological polar surface area (TPSA) is 72.0 Å². The Bertz CT molecular complexity index is 333. The fourth-order valence-corrected chi connectivity index (χ4v) is 1.88. The SMILES string of the molecule is CCS(=O)(=O)CCNc1nncs1. The summed E-state index contributed by atoms with van der Waals surface area (Å²) in [6.07, 6.45) is 0. The molecule has 0 aliphatic heterocycles. The maximum atomic E-state index is 11.1. The van der Waals surface area contributed by atoms with Crippen LogP contribution in [-0.4, -0.2) is 36.7 Å². The fraction of sp³-hybridized carbons (Fsp3) is 0.667. The van der Waals surface area contributed by atoms with E-state index in [-0.39, 0.29) is 11.5 Å². The third-order valence-corrected chi connectivity index (χ3v) is 3.84. The van der Waals surface area contributed by atoms with Crippen LogP contribution in [0.15, 0.2) is 5.51 Å². The van der Waals surface area contributed by atoms with E-state index in [4.69, 9.17) is 0 Å². The Morgan fingerprint density at radius 2 is 2.38 bits per heavy atom. The Morgan fingerprint density at radius 3 is 2.92 bits per heavy atom. The van der Waals surface area contributed by atoms with Gasteiger partial charge in [-0.15, -0.1) is 10.2 Å². The molecule has 0 unspecified atom stereocenters. The van der Waals surface area contributed by atoms with Crippen molar-refractivity contribution in [2.45, 2.75) is 6.92 Å². The van der Waals surface area contributed by atoms with Gasteiger partial charge in [-0.1, -0.05) is 18.3 Å². The Morgan fingerprint density at radius 1 is 1.62 bits per heavy atom. The Labute approximate surface area is 81.1 Å². The number of nitrogens with one attached hydrogen (secondary N) is 1. The normalized spacial score (nSPS) is 11.5. The number of anilines is 1. The van der Waals surface area contributed by atoms with Gasteiger partial charge in [0.25, 0.3) is 0 Å². The third kappa shape index (κ3) is 3.69. The highest BCUT2D eigenvalue weighted by Crippen LogP contribution is 2.06. The lowest BCUT2D eigenvalue weighted by Gasteiger charge is -2.01. The van der Waals surface area contributed by atoms with E-state index < -0.39 is 9.84 Å². The summed E-state index contributed by atoms with van der Waals surface area (Å²) in [5, 5.41) is 10.9. The van der Waals surface area contributed by atoms with Crippen molar-refractivity contribution in [2.24, 2.45) is 0 Å². The molecular formula is C6H11N3O2S2. The first-order chi connectivity index (χ1) is 6.14. The first-order valence-electron chi connectivity index (χ1n) is 3.84. The molecule has 5 nitrogen and oxygen atoms in total. The van der Waals surface area contributed by atoms with E-state index in [1.54, 1.807) is 12.4 Å². The molecule has 1 aromatic rings. The second kappa shape index (κ2) is 4.52. The van der Waals surface area contributed by atoms with Crippen LogP contribution in [0.3, 0.4) is 0 Å². The van der Waals surface area contributed by atoms with Crippen LogP contribution in [0.4, 0.5) is 5.13 Å². The quantitative estimate of drug-likeness (QED) is 0.778. The molecule has 0 amide bonds. The first-order valence-corrected chi connectivity index (χ1v) is 6.54. The van der Waals surface area contributed by atoms with Crippen molar-refractivity contribution in [1.82, 2.24) is 10.2 Å². The molecule has 0 spiro atoms. The smallest absolute Gasteiger partial charge is 0.205 e. The van der Waals surface area contributed by atoms with Gasteiger partial charge in [-0.25, -0.2) is 8.42 Å². The van der Waals surface area contributed by atoms with E-state index >= 15 is 0 Å². The first kappa shape index (κ1) is 10.4. The second-order valence-corrected chi connectivity index (χ2v) is 5.71. The van der Waals surface area contributed by atoms with E-state index in [0.717, 1.165) is 0 Å². The van der Waals surface area contributed by atoms with Crippen molar-refractivity contribution >= 4 is 26.3 Å². The van der Waals surface area contributed by atoms with Crippen LogP contribution in [0.1, 0.15) is 6.92 Å². The molecule has 7 heteroatoms. The van der Waals surface area contributed by atoms with E-state index in [9.17, 15) is 8.42 Å². The summed E-state index contributed by atoms with van der Waals surface area (Å²) >= 11 is 1.35. The van der Waals surface area contributed by atoms with Gasteiger partial charge in [0.05, 0.1) is 5.75 Å². The maximum absolute atomic E-state index is 11.1. The minimum atomic E-state index is -2.88. The molecule has 1 aromatic heterocycles. The van der Waals surface area contributed by atoms with E-state index in [0.29, 0.717) is 11.7 Å². The molecule has 0 bridgehead atoms. The minimum Gasteiger partial charge on any atom is -0.359 e. The van der Waals surface area contributed by atoms with Gasteiger partial charge in [-0.3, -0.25) is 0 Å². The second-order valence-electron chi connectivity index (χ2n) is 2.41. The van der Waals surface area contributed by atoms with Gasteiger partial charge in [0.1, 0.15) is 5.51 Å². The summed E-state index contributed by atoms with van der Waals surface area (Å²) in [6.45, 7) is 2.03. The van der Waals surface area contributed by atoms with E-state index in [1.807, 2.05) is 0 Å². The van der Waals surface area contributed by atoms with Crippen LogP contribution in [-0.2, 0) is 9.84 Å². The third-order valence-electron chi connectivity index (χ3n) is 1.49. The zero-order valence-electron chi connectivity index (χ0n) is 7.23. The molecule has 0 aliphatic rings. The molecule has 1 rings (SSSR count). The molecule has 0 aromatic carbocycles. The van der Waals surface area contributed by atoms with Crippen molar-refractivity contribution < 1.29 is 8.42 Å². The van der Waals surface area contributed by atoms with Crippen molar-refractivity contribution in [3.05, 3.63) is 5.51 Å². The van der Waals surface area contributed by atoms with Crippen LogP contribution < -0.4 is 5.32 Å². The number of aromatic nitrogens is 2. The van der Waals surface area contributed by atoms with Crippen molar-refractivity contribution in [3.8, 4) is 0 Å². The minimum absolute atomic E-state index is 0.142. The van der Waals surface area contributed by atoms with Gasteiger partial charge in [0, 0.05) is 12.3 Å². The predicted molar refractivity (Wildman–Crippen MR) is 52.7 cm³/mol.